The van der Waals surface area contributed by atoms with Crippen LogP contribution in [0.2, 0.25) is 0 Å². The van der Waals surface area contributed by atoms with E-state index in [0.29, 0.717) is 6.42 Å². The van der Waals surface area contributed by atoms with Crippen LogP contribution in [-0.2, 0) is 16.0 Å². The molecular weight excluding hydrogens is 336 g/mol. The smallest absolute Gasteiger partial charge is 0.229 e. The van der Waals surface area contributed by atoms with E-state index in [2.05, 4.69) is 18.3 Å². The van der Waals surface area contributed by atoms with Crippen LogP contribution < -0.4 is 5.32 Å². The van der Waals surface area contributed by atoms with E-state index in [0.717, 1.165) is 30.8 Å². The maximum atomic E-state index is 12.0. The summed E-state index contributed by atoms with van der Waals surface area (Å²) >= 11 is 0. The van der Waals surface area contributed by atoms with Crippen LogP contribution in [0.5, 0.6) is 0 Å². The number of likely N-dealkylation sites (N-methyl/N-ethyl adjacent to an activating group) is 1. The summed E-state index contributed by atoms with van der Waals surface area (Å²) < 4.78 is 0. The summed E-state index contributed by atoms with van der Waals surface area (Å²) in [5, 5.41) is 2.85. The Bertz CT molecular complexity index is 778. The largest absolute Gasteiger partial charge is 0.343 e. The summed E-state index contributed by atoms with van der Waals surface area (Å²) in [7, 11) is 0. The molecule has 148 valence electrons. The van der Waals surface area contributed by atoms with Crippen LogP contribution in [0.4, 0.5) is 5.69 Å². The number of hydrogen-bond acceptors (Lipinski definition) is 2. The highest BCUT2D eigenvalue weighted by molar-refractivity contribution is 5.93. The Morgan fingerprint density at radius 2 is 1.78 bits per heavy atom. The third-order valence-corrected chi connectivity index (χ3v) is 4.90. The molecule has 4 nitrogen and oxygen atoms in total. The lowest BCUT2D eigenvalue weighted by Crippen LogP contribution is -2.33. The number of hydrogen-bond donors (Lipinski definition) is 1. The van der Waals surface area contributed by atoms with E-state index >= 15 is 0 Å². The molecule has 0 aromatic heterocycles. The van der Waals surface area contributed by atoms with E-state index in [1.807, 2.05) is 68.1 Å². The Balaban J connectivity index is 0.000000514. The van der Waals surface area contributed by atoms with Crippen molar-refractivity contribution in [2.45, 2.75) is 46.5 Å². The Kier molecular flexibility index (Phi) is 7.59. The van der Waals surface area contributed by atoms with E-state index in [1.54, 1.807) is 0 Å². The first kappa shape index (κ1) is 20.7. The number of nitrogens with one attached hydrogen (secondary N) is 1. The molecule has 2 aromatic carbocycles. The molecular formula is C23H34N2O2. The number of carbonyl (C=O) groups excluding carboxylic acids is 2. The van der Waals surface area contributed by atoms with Crippen LogP contribution in [0.15, 0.2) is 48.5 Å². The summed E-state index contributed by atoms with van der Waals surface area (Å²) in [6, 6.07) is 16.1. The molecule has 0 radical (unpaired) electrons. The van der Waals surface area contributed by atoms with Gasteiger partial charge in [0.05, 0.1) is 5.92 Å². The molecule has 1 heterocycles. The van der Waals surface area contributed by atoms with Crippen molar-refractivity contribution in [2.24, 2.45) is 0 Å². The van der Waals surface area contributed by atoms with E-state index in [1.165, 1.54) is 11.1 Å². The van der Waals surface area contributed by atoms with Gasteiger partial charge >= 0.3 is 0 Å². The van der Waals surface area contributed by atoms with Crippen molar-refractivity contribution in [1.29, 1.82) is 0 Å². The highest BCUT2D eigenvalue weighted by Gasteiger charge is 2.19. The van der Waals surface area contributed by atoms with Gasteiger partial charge in [-0.25, -0.2) is 0 Å². The minimum Gasteiger partial charge on any atom is -0.343 e. The minimum atomic E-state index is -0.0360. The molecule has 1 N–H and O–H groups in total. The van der Waals surface area contributed by atoms with Crippen LogP contribution in [0, 0.1) is 6.92 Å². The second-order valence-corrected chi connectivity index (χ2v) is 6.85. The van der Waals surface area contributed by atoms with Gasteiger partial charge in [0.1, 0.15) is 0 Å². The van der Waals surface area contributed by atoms with Crippen molar-refractivity contribution >= 4 is 17.5 Å². The maximum Gasteiger partial charge on any atom is 0.229 e. The van der Waals surface area contributed by atoms with Crippen LogP contribution in [0.25, 0.3) is 0 Å². The predicted octanol–water partition coefficient (Wildman–Crippen LogP) is 5.03. The molecule has 1 aliphatic rings. The van der Waals surface area contributed by atoms with Gasteiger partial charge in [-0.3, -0.25) is 9.59 Å². The third-order valence-electron chi connectivity index (χ3n) is 4.90. The van der Waals surface area contributed by atoms with E-state index in [-0.39, 0.29) is 20.6 Å². The zero-order valence-electron chi connectivity index (χ0n) is 16.8. The van der Waals surface area contributed by atoms with Gasteiger partial charge in [-0.1, -0.05) is 48.0 Å². The van der Waals surface area contributed by atoms with Gasteiger partial charge in [0.15, 0.2) is 0 Å². The van der Waals surface area contributed by atoms with Gasteiger partial charge in [0.25, 0.3) is 0 Å². The normalized spacial score (nSPS) is 13.6. The molecule has 0 saturated heterocycles. The monoisotopic (exact) mass is 370 g/mol. The fourth-order valence-corrected chi connectivity index (χ4v) is 3.21. The lowest BCUT2D eigenvalue weighted by Gasteiger charge is -2.23. The summed E-state index contributed by atoms with van der Waals surface area (Å²) in [6.07, 6.45) is 1.50. The molecule has 0 fully saturated rings. The van der Waals surface area contributed by atoms with Crippen LogP contribution in [0.1, 0.15) is 52.7 Å². The average Bonchev–Trinajstić information content (AvgIpc) is 2.69. The number of amides is 2. The number of benzene rings is 2. The SMILES string of the molecule is CCN(CC)C(=O)C(C)c1ccccc1.Cc1ccc2c(c1)CCC(=O)N2.[HH].[HH]. The quantitative estimate of drug-likeness (QED) is 0.820. The summed E-state index contributed by atoms with van der Waals surface area (Å²) in [5.74, 6) is 0.309. The van der Waals surface area contributed by atoms with Gasteiger partial charge in [0.2, 0.25) is 11.8 Å². The summed E-state index contributed by atoms with van der Waals surface area (Å²) in [6.45, 7) is 9.63. The molecule has 0 spiro atoms. The Labute approximate surface area is 165 Å². The first-order valence-electron chi connectivity index (χ1n) is 9.69. The van der Waals surface area contributed by atoms with E-state index in [4.69, 9.17) is 0 Å². The number of carbonyl (C=O) groups is 2. The Hall–Kier alpha value is -2.62. The topological polar surface area (TPSA) is 49.4 Å². The van der Waals surface area contributed by atoms with Gasteiger partial charge in [-0.05, 0) is 51.3 Å². The molecule has 0 saturated carbocycles. The zero-order valence-corrected chi connectivity index (χ0v) is 16.8. The molecule has 0 aliphatic carbocycles. The predicted molar refractivity (Wildman–Crippen MR) is 115 cm³/mol. The van der Waals surface area contributed by atoms with E-state index < -0.39 is 0 Å². The fourth-order valence-electron chi connectivity index (χ4n) is 3.21. The van der Waals surface area contributed by atoms with Crippen LogP contribution in [-0.4, -0.2) is 29.8 Å². The molecule has 3 rings (SSSR count). The zero-order chi connectivity index (χ0) is 19.8. The maximum absolute atomic E-state index is 12.0. The van der Waals surface area contributed by atoms with Crippen LogP contribution >= 0.6 is 0 Å². The number of nitrogens with zero attached hydrogens (tertiary/aromatic N) is 1. The molecule has 1 atom stereocenters. The van der Waals surface area contributed by atoms with Gasteiger partial charge in [0, 0.05) is 28.1 Å². The second-order valence-electron chi connectivity index (χ2n) is 6.85. The fraction of sp³-hybridized carbons (Fsp3) is 0.391. The van der Waals surface area contributed by atoms with Gasteiger partial charge in [-0.2, -0.15) is 0 Å². The van der Waals surface area contributed by atoms with Crippen molar-refractivity contribution < 1.29 is 12.4 Å². The molecule has 2 aromatic rings. The third kappa shape index (κ3) is 5.68. The number of fused-ring (bicyclic) bond motifs is 1. The highest BCUT2D eigenvalue weighted by Crippen LogP contribution is 2.22. The molecule has 0 bridgehead atoms. The standard InChI is InChI=1S/C13H19NO.C10H11NO.2H2/c1-4-14(5-2)13(15)11(3)12-9-7-6-8-10-12;1-7-2-4-9-8(6-7)3-5-10(12)11-9;;/h6-11H,4-5H2,1-3H3;2,4,6H,3,5H2,1H3,(H,11,12);2*1H. The molecule has 1 aliphatic heterocycles. The molecule has 4 heteroatoms. The van der Waals surface area contributed by atoms with Crippen molar-refractivity contribution in [3.05, 3.63) is 65.2 Å². The molecule has 2 amide bonds. The summed E-state index contributed by atoms with van der Waals surface area (Å²) in [4.78, 5) is 24.9. The number of aryl methyl sites for hydroxylation is 2. The van der Waals surface area contributed by atoms with Crippen molar-refractivity contribution in [1.82, 2.24) is 4.90 Å². The second kappa shape index (κ2) is 9.91. The van der Waals surface area contributed by atoms with Crippen molar-refractivity contribution in [3.63, 3.8) is 0 Å². The Morgan fingerprint density at radius 3 is 2.41 bits per heavy atom. The van der Waals surface area contributed by atoms with Crippen molar-refractivity contribution in [2.75, 3.05) is 18.4 Å². The summed E-state index contributed by atoms with van der Waals surface area (Å²) in [5.41, 5.74) is 4.59. The first-order valence-corrected chi connectivity index (χ1v) is 9.69. The lowest BCUT2D eigenvalue weighted by molar-refractivity contribution is -0.132. The van der Waals surface area contributed by atoms with Crippen LogP contribution in [0.3, 0.4) is 0 Å². The number of rotatable bonds is 4. The molecule has 1 unspecified atom stereocenters. The first-order chi connectivity index (χ1) is 13.0. The average molecular weight is 371 g/mol. The Morgan fingerprint density at radius 1 is 1.11 bits per heavy atom. The molecule has 27 heavy (non-hydrogen) atoms. The minimum absolute atomic E-state index is 0. The highest BCUT2D eigenvalue weighted by atomic mass is 16.2. The van der Waals surface area contributed by atoms with Gasteiger partial charge < -0.3 is 10.2 Å². The van der Waals surface area contributed by atoms with Crippen molar-refractivity contribution in [3.8, 4) is 0 Å². The number of anilines is 1. The lowest BCUT2D eigenvalue weighted by atomic mass is 10.00. The van der Waals surface area contributed by atoms with E-state index in [9.17, 15) is 9.59 Å². The van der Waals surface area contributed by atoms with Gasteiger partial charge in [-0.15, -0.1) is 0 Å².